The maximum absolute atomic E-state index is 12.2. The van der Waals surface area contributed by atoms with E-state index in [2.05, 4.69) is 10.1 Å². The van der Waals surface area contributed by atoms with Crippen LogP contribution in [0.3, 0.4) is 0 Å². The summed E-state index contributed by atoms with van der Waals surface area (Å²) in [5.41, 5.74) is 0.671. The van der Waals surface area contributed by atoms with Gasteiger partial charge >= 0.3 is 6.61 Å². The van der Waals surface area contributed by atoms with Crippen LogP contribution in [0.15, 0.2) is 24.3 Å². The van der Waals surface area contributed by atoms with E-state index in [4.69, 9.17) is 4.74 Å². The second kappa shape index (κ2) is 7.40. The Labute approximate surface area is 128 Å². The molecule has 0 saturated carbocycles. The number of hydrogen-bond donors (Lipinski definition) is 1. The van der Waals surface area contributed by atoms with Crippen LogP contribution in [-0.4, -0.2) is 49.3 Å². The highest BCUT2D eigenvalue weighted by atomic mass is 19.3. The molecule has 2 atom stereocenters. The van der Waals surface area contributed by atoms with Crippen molar-refractivity contribution in [3.05, 3.63) is 24.3 Å². The molecule has 5 nitrogen and oxygen atoms in total. The number of hydrogen-bond acceptors (Lipinski definition) is 4. The molecule has 0 aromatic heterocycles. The van der Waals surface area contributed by atoms with Crippen LogP contribution in [0.2, 0.25) is 0 Å². The van der Waals surface area contributed by atoms with E-state index < -0.39 is 6.61 Å². The fraction of sp³-hybridized carbons (Fsp3) is 0.533. The van der Waals surface area contributed by atoms with Crippen molar-refractivity contribution < 1.29 is 23.0 Å². The molecule has 1 saturated heterocycles. The second-order valence-corrected chi connectivity index (χ2v) is 5.31. The van der Waals surface area contributed by atoms with E-state index >= 15 is 0 Å². The third-order valence-electron chi connectivity index (χ3n) is 3.30. The van der Waals surface area contributed by atoms with Crippen molar-refractivity contribution in [3.8, 4) is 5.75 Å². The van der Waals surface area contributed by atoms with E-state index in [-0.39, 0.29) is 30.4 Å². The molecule has 0 bridgehead atoms. The number of carbonyl (C=O) groups is 1. The van der Waals surface area contributed by atoms with Crippen LogP contribution in [0.4, 0.5) is 14.5 Å². The Morgan fingerprint density at radius 1 is 1.32 bits per heavy atom. The van der Waals surface area contributed by atoms with Crippen molar-refractivity contribution in [1.82, 2.24) is 4.90 Å². The van der Waals surface area contributed by atoms with Crippen LogP contribution in [0.25, 0.3) is 0 Å². The number of morpholine rings is 1. The Morgan fingerprint density at radius 2 is 1.91 bits per heavy atom. The van der Waals surface area contributed by atoms with Gasteiger partial charge in [-0.1, -0.05) is 0 Å². The molecule has 0 spiro atoms. The molecule has 1 aromatic rings. The summed E-state index contributed by atoms with van der Waals surface area (Å²) in [6, 6.07) is 6.04. The minimum atomic E-state index is -2.84. The fourth-order valence-electron chi connectivity index (χ4n) is 2.43. The molecule has 1 aliphatic rings. The van der Waals surface area contributed by atoms with Gasteiger partial charge in [0.1, 0.15) is 5.75 Å². The molecule has 1 fully saturated rings. The Hall–Kier alpha value is -1.89. The molecule has 7 heteroatoms. The normalized spacial score (nSPS) is 21.8. The SMILES string of the molecule is CC1CN(C(=O)CNc2ccc(OC(F)F)cc2)CC(C)O1. The summed E-state index contributed by atoms with van der Waals surface area (Å²) in [4.78, 5) is 13.9. The number of nitrogens with zero attached hydrogens (tertiary/aromatic N) is 1. The Balaban J connectivity index is 1.83. The number of nitrogens with one attached hydrogen (secondary N) is 1. The summed E-state index contributed by atoms with van der Waals surface area (Å²) < 4.78 is 33.9. The van der Waals surface area contributed by atoms with E-state index in [0.29, 0.717) is 18.8 Å². The summed E-state index contributed by atoms with van der Waals surface area (Å²) in [5, 5.41) is 2.98. The number of benzene rings is 1. The van der Waals surface area contributed by atoms with Crippen molar-refractivity contribution in [1.29, 1.82) is 0 Å². The summed E-state index contributed by atoms with van der Waals surface area (Å²) in [7, 11) is 0. The maximum atomic E-state index is 12.2. The number of halogens is 2. The Morgan fingerprint density at radius 3 is 2.45 bits per heavy atom. The smallest absolute Gasteiger partial charge is 0.387 e. The third kappa shape index (κ3) is 4.84. The molecule has 2 rings (SSSR count). The Kier molecular flexibility index (Phi) is 5.54. The molecule has 1 aliphatic heterocycles. The molecule has 122 valence electrons. The van der Waals surface area contributed by atoms with Gasteiger partial charge in [-0.3, -0.25) is 4.79 Å². The van der Waals surface area contributed by atoms with Crippen LogP contribution < -0.4 is 10.1 Å². The first-order valence-electron chi connectivity index (χ1n) is 7.16. The van der Waals surface area contributed by atoms with Crippen LogP contribution >= 0.6 is 0 Å². The monoisotopic (exact) mass is 314 g/mol. The lowest BCUT2D eigenvalue weighted by Gasteiger charge is -2.35. The molecule has 0 radical (unpaired) electrons. The molecule has 2 unspecified atom stereocenters. The van der Waals surface area contributed by atoms with Gasteiger partial charge in [0.15, 0.2) is 0 Å². The van der Waals surface area contributed by atoms with Crippen molar-refractivity contribution in [2.45, 2.75) is 32.7 Å². The molecule has 1 heterocycles. The van der Waals surface area contributed by atoms with Gasteiger partial charge in [0, 0.05) is 18.8 Å². The van der Waals surface area contributed by atoms with Crippen molar-refractivity contribution in [2.24, 2.45) is 0 Å². The van der Waals surface area contributed by atoms with Gasteiger partial charge in [0.2, 0.25) is 5.91 Å². The fourth-order valence-corrected chi connectivity index (χ4v) is 2.43. The largest absolute Gasteiger partial charge is 0.435 e. The first-order chi connectivity index (χ1) is 10.4. The van der Waals surface area contributed by atoms with E-state index in [1.165, 1.54) is 12.1 Å². The van der Waals surface area contributed by atoms with E-state index in [1.807, 2.05) is 13.8 Å². The maximum Gasteiger partial charge on any atom is 0.387 e. The lowest BCUT2D eigenvalue weighted by Crippen LogP contribution is -2.49. The lowest BCUT2D eigenvalue weighted by atomic mass is 10.2. The predicted molar refractivity (Wildman–Crippen MR) is 78.2 cm³/mol. The van der Waals surface area contributed by atoms with Gasteiger partial charge in [0.05, 0.1) is 18.8 Å². The summed E-state index contributed by atoms with van der Waals surface area (Å²) in [6.07, 6.45) is 0.0527. The van der Waals surface area contributed by atoms with Crippen LogP contribution in [-0.2, 0) is 9.53 Å². The standard InChI is InChI=1S/C15H20F2N2O3/c1-10-8-19(9-11(2)21-10)14(20)7-18-12-3-5-13(6-4-12)22-15(16)17/h3-6,10-11,15,18H,7-9H2,1-2H3. The average molecular weight is 314 g/mol. The highest BCUT2D eigenvalue weighted by molar-refractivity contribution is 5.81. The lowest BCUT2D eigenvalue weighted by molar-refractivity contribution is -0.141. The summed E-state index contributed by atoms with van der Waals surface area (Å²) in [5.74, 6) is 0.0672. The highest BCUT2D eigenvalue weighted by Crippen LogP contribution is 2.18. The molecule has 1 aromatic carbocycles. The third-order valence-corrected chi connectivity index (χ3v) is 3.30. The molecular weight excluding hydrogens is 294 g/mol. The number of amides is 1. The van der Waals surface area contributed by atoms with Gasteiger partial charge in [-0.15, -0.1) is 0 Å². The molecule has 1 amide bonds. The quantitative estimate of drug-likeness (QED) is 0.906. The van der Waals surface area contributed by atoms with Gasteiger partial charge in [-0.05, 0) is 38.1 Å². The Bertz CT molecular complexity index is 486. The van der Waals surface area contributed by atoms with E-state index in [0.717, 1.165) is 0 Å². The summed E-state index contributed by atoms with van der Waals surface area (Å²) >= 11 is 0. The van der Waals surface area contributed by atoms with Crippen molar-refractivity contribution in [3.63, 3.8) is 0 Å². The van der Waals surface area contributed by atoms with Crippen LogP contribution in [0.1, 0.15) is 13.8 Å². The first kappa shape index (κ1) is 16.5. The summed E-state index contributed by atoms with van der Waals surface area (Å²) in [6.45, 7) is 2.33. The van der Waals surface area contributed by atoms with Crippen LogP contribution in [0.5, 0.6) is 5.75 Å². The van der Waals surface area contributed by atoms with Gasteiger partial charge in [-0.25, -0.2) is 0 Å². The zero-order chi connectivity index (χ0) is 16.1. The van der Waals surface area contributed by atoms with Gasteiger partial charge in [-0.2, -0.15) is 8.78 Å². The van der Waals surface area contributed by atoms with E-state index in [1.54, 1.807) is 17.0 Å². The van der Waals surface area contributed by atoms with Gasteiger partial charge < -0.3 is 19.7 Å². The van der Waals surface area contributed by atoms with Crippen LogP contribution in [0, 0.1) is 0 Å². The van der Waals surface area contributed by atoms with Gasteiger partial charge in [0.25, 0.3) is 0 Å². The second-order valence-electron chi connectivity index (χ2n) is 5.31. The molecule has 1 N–H and O–H groups in total. The number of rotatable bonds is 5. The number of alkyl halides is 2. The molecule has 0 aliphatic carbocycles. The topological polar surface area (TPSA) is 50.8 Å². The van der Waals surface area contributed by atoms with E-state index in [9.17, 15) is 13.6 Å². The average Bonchev–Trinajstić information content (AvgIpc) is 2.44. The molecule has 22 heavy (non-hydrogen) atoms. The minimum Gasteiger partial charge on any atom is -0.435 e. The number of anilines is 1. The molecular formula is C15H20F2N2O3. The highest BCUT2D eigenvalue weighted by Gasteiger charge is 2.25. The number of ether oxygens (including phenoxy) is 2. The zero-order valence-corrected chi connectivity index (χ0v) is 12.6. The number of carbonyl (C=O) groups excluding carboxylic acids is 1. The zero-order valence-electron chi connectivity index (χ0n) is 12.6. The van der Waals surface area contributed by atoms with Crippen molar-refractivity contribution >= 4 is 11.6 Å². The first-order valence-corrected chi connectivity index (χ1v) is 7.16. The predicted octanol–water partition coefficient (Wildman–Crippen LogP) is 2.34. The van der Waals surface area contributed by atoms with Crippen molar-refractivity contribution in [2.75, 3.05) is 25.0 Å². The minimum absolute atomic E-state index is 0.0186.